The number of thiazole rings is 1. The van der Waals surface area contributed by atoms with Crippen molar-refractivity contribution >= 4 is 45.0 Å². The van der Waals surface area contributed by atoms with Gasteiger partial charge in [0.1, 0.15) is 28.5 Å². The monoisotopic (exact) mass is 441 g/mol. The number of nitrogens with zero attached hydrogens (tertiary/aromatic N) is 3. The summed E-state index contributed by atoms with van der Waals surface area (Å²) in [5, 5.41) is 0.372. The second-order valence-corrected chi connectivity index (χ2v) is 7.59. The van der Waals surface area contributed by atoms with Crippen LogP contribution in [0.1, 0.15) is 15.9 Å². The average Bonchev–Trinajstić information content (AvgIpc) is 3.08. The van der Waals surface area contributed by atoms with Crippen LogP contribution in [0.4, 0.5) is 13.9 Å². The van der Waals surface area contributed by atoms with Crippen LogP contribution in [0.2, 0.25) is 0 Å². The molecule has 0 bridgehead atoms. The number of aryl methyl sites for hydroxylation is 1. The molecule has 0 spiro atoms. The second kappa shape index (κ2) is 9.47. The third kappa shape index (κ3) is 4.66. The third-order valence-corrected chi connectivity index (χ3v) is 5.55. The SMILES string of the molecule is COc1ccc(C)c2sc(N(CCN(C)C)C(=O)c3c(F)cccc3F)nc12.Cl. The van der Waals surface area contributed by atoms with Crippen LogP contribution in [0.15, 0.2) is 30.3 Å². The molecule has 0 aliphatic carbocycles. The van der Waals surface area contributed by atoms with E-state index in [9.17, 15) is 13.6 Å². The molecule has 0 atom stereocenters. The average molecular weight is 442 g/mol. The molecular formula is C20H22ClF2N3O2S. The van der Waals surface area contributed by atoms with Gasteiger partial charge in [-0.2, -0.15) is 0 Å². The van der Waals surface area contributed by atoms with Gasteiger partial charge in [0.25, 0.3) is 5.91 Å². The van der Waals surface area contributed by atoms with Crippen molar-refractivity contribution in [1.82, 2.24) is 9.88 Å². The number of aromatic nitrogens is 1. The van der Waals surface area contributed by atoms with E-state index in [-0.39, 0.29) is 19.0 Å². The Morgan fingerprint density at radius 1 is 1.14 bits per heavy atom. The van der Waals surface area contributed by atoms with Crippen molar-refractivity contribution < 1.29 is 18.3 Å². The molecule has 0 N–H and O–H groups in total. The zero-order chi connectivity index (χ0) is 20.4. The summed E-state index contributed by atoms with van der Waals surface area (Å²) in [5.41, 5.74) is 1.03. The summed E-state index contributed by atoms with van der Waals surface area (Å²) in [7, 11) is 5.27. The molecule has 0 aliphatic rings. The molecule has 0 saturated heterocycles. The van der Waals surface area contributed by atoms with E-state index >= 15 is 0 Å². The molecule has 5 nitrogen and oxygen atoms in total. The van der Waals surface area contributed by atoms with Gasteiger partial charge in [-0.25, -0.2) is 13.8 Å². The van der Waals surface area contributed by atoms with Crippen molar-refractivity contribution in [1.29, 1.82) is 0 Å². The van der Waals surface area contributed by atoms with E-state index < -0.39 is 23.1 Å². The van der Waals surface area contributed by atoms with Crippen molar-refractivity contribution in [2.75, 3.05) is 39.2 Å². The first-order chi connectivity index (χ1) is 13.3. The maximum absolute atomic E-state index is 14.2. The normalized spacial score (nSPS) is 10.9. The number of ether oxygens (including phenoxy) is 1. The van der Waals surface area contributed by atoms with Gasteiger partial charge < -0.3 is 9.64 Å². The van der Waals surface area contributed by atoms with Gasteiger partial charge in [0, 0.05) is 13.1 Å². The number of carbonyl (C=O) groups excluding carboxylic acids is 1. The molecule has 0 aliphatic heterocycles. The molecule has 1 heterocycles. The van der Waals surface area contributed by atoms with E-state index in [0.29, 0.717) is 22.9 Å². The zero-order valence-electron chi connectivity index (χ0n) is 16.5. The van der Waals surface area contributed by atoms with E-state index in [0.717, 1.165) is 22.4 Å². The minimum absolute atomic E-state index is 0. The predicted octanol–water partition coefficient (Wildman–Crippen LogP) is 4.52. The largest absolute Gasteiger partial charge is 0.494 e. The molecule has 0 fully saturated rings. The van der Waals surface area contributed by atoms with Crippen molar-refractivity contribution in [2.45, 2.75) is 6.92 Å². The number of amides is 1. The Bertz CT molecular complexity index is 1010. The molecule has 0 radical (unpaired) electrons. The Morgan fingerprint density at radius 2 is 1.79 bits per heavy atom. The smallest absolute Gasteiger partial charge is 0.266 e. The van der Waals surface area contributed by atoms with E-state index in [4.69, 9.17) is 4.74 Å². The summed E-state index contributed by atoms with van der Waals surface area (Å²) in [6, 6.07) is 7.10. The number of anilines is 1. The maximum atomic E-state index is 14.2. The summed E-state index contributed by atoms with van der Waals surface area (Å²) in [6.45, 7) is 2.68. The first-order valence-corrected chi connectivity index (χ1v) is 9.50. The number of rotatable bonds is 6. The maximum Gasteiger partial charge on any atom is 0.266 e. The van der Waals surface area contributed by atoms with Crippen molar-refractivity contribution in [3.63, 3.8) is 0 Å². The lowest BCUT2D eigenvalue weighted by atomic mass is 10.1. The zero-order valence-corrected chi connectivity index (χ0v) is 18.2. The lowest BCUT2D eigenvalue weighted by Crippen LogP contribution is -2.37. The Balaban J connectivity index is 0.00000300. The molecule has 156 valence electrons. The number of methoxy groups -OCH3 is 1. The lowest BCUT2D eigenvalue weighted by Gasteiger charge is -2.22. The van der Waals surface area contributed by atoms with E-state index in [1.54, 1.807) is 7.11 Å². The first-order valence-electron chi connectivity index (χ1n) is 8.68. The second-order valence-electron chi connectivity index (χ2n) is 6.62. The van der Waals surface area contributed by atoms with Gasteiger partial charge in [0.05, 0.1) is 11.8 Å². The summed E-state index contributed by atoms with van der Waals surface area (Å²) in [6.07, 6.45) is 0. The number of carbonyl (C=O) groups is 1. The van der Waals surface area contributed by atoms with Crippen LogP contribution in [0.5, 0.6) is 5.75 Å². The van der Waals surface area contributed by atoms with E-state index in [1.165, 1.54) is 22.3 Å². The first kappa shape index (κ1) is 23.0. The molecular weight excluding hydrogens is 420 g/mol. The van der Waals surface area contributed by atoms with Crippen LogP contribution >= 0.6 is 23.7 Å². The minimum Gasteiger partial charge on any atom is -0.494 e. The summed E-state index contributed by atoms with van der Waals surface area (Å²) < 4.78 is 34.7. The number of hydrogen-bond donors (Lipinski definition) is 0. The molecule has 0 saturated carbocycles. The quantitative estimate of drug-likeness (QED) is 0.564. The van der Waals surface area contributed by atoms with Crippen molar-refractivity contribution in [3.05, 3.63) is 53.1 Å². The summed E-state index contributed by atoms with van der Waals surface area (Å²) in [4.78, 5) is 20.9. The van der Waals surface area contributed by atoms with Crippen molar-refractivity contribution in [3.8, 4) is 5.75 Å². The van der Waals surface area contributed by atoms with Gasteiger partial charge in [-0.15, -0.1) is 12.4 Å². The summed E-state index contributed by atoms with van der Waals surface area (Å²) >= 11 is 1.30. The highest BCUT2D eigenvalue weighted by atomic mass is 35.5. The fourth-order valence-electron chi connectivity index (χ4n) is 2.80. The Labute approximate surface area is 178 Å². The Morgan fingerprint density at radius 3 is 2.38 bits per heavy atom. The van der Waals surface area contributed by atoms with Gasteiger partial charge in [0.2, 0.25) is 0 Å². The van der Waals surface area contributed by atoms with Gasteiger partial charge >= 0.3 is 0 Å². The number of benzene rings is 2. The number of likely N-dealkylation sites (N-methyl/N-ethyl adjacent to an activating group) is 1. The van der Waals surface area contributed by atoms with E-state index in [1.807, 2.05) is 38.1 Å². The van der Waals surface area contributed by atoms with Crippen LogP contribution in [-0.2, 0) is 0 Å². The minimum atomic E-state index is -0.894. The molecule has 29 heavy (non-hydrogen) atoms. The summed E-state index contributed by atoms with van der Waals surface area (Å²) in [5.74, 6) is -1.96. The Hall–Kier alpha value is -2.29. The molecule has 3 rings (SSSR count). The van der Waals surface area contributed by atoms with Gasteiger partial charge in [-0.3, -0.25) is 9.69 Å². The highest BCUT2D eigenvalue weighted by molar-refractivity contribution is 7.22. The standard InChI is InChI=1S/C20H21F2N3O2S.ClH/c1-12-8-9-15(27-4)17-18(12)28-20(23-17)25(11-10-24(2)3)19(26)16-13(21)6-5-7-14(16)22;/h5-9H,10-11H2,1-4H3;1H. The third-order valence-electron chi connectivity index (χ3n) is 4.34. The fraction of sp³-hybridized carbons (Fsp3) is 0.300. The highest BCUT2D eigenvalue weighted by Gasteiger charge is 2.27. The number of halogens is 3. The van der Waals surface area contributed by atoms with Crippen LogP contribution in [0.25, 0.3) is 10.2 Å². The number of fused-ring (bicyclic) bond motifs is 1. The molecule has 0 unspecified atom stereocenters. The Kier molecular flexibility index (Phi) is 7.51. The lowest BCUT2D eigenvalue weighted by molar-refractivity contribution is 0.0977. The molecule has 9 heteroatoms. The van der Waals surface area contributed by atoms with Gasteiger partial charge in [0.15, 0.2) is 5.13 Å². The highest BCUT2D eigenvalue weighted by Crippen LogP contribution is 2.37. The van der Waals surface area contributed by atoms with Crippen LogP contribution < -0.4 is 9.64 Å². The molecule has 1 aromatic heterocycles. The molecule has 3 aromatic rings. The molecule has 1 amide bonds. The van der Waals surface area contributed by atoms with Gasteiger partial charge in [-0.1, -0.05) is 23.5 Å². The van der Waals surface area contributed by atoms with Crippen LogP contribution in [-0.4, -0.2) is 50.1 Å². The van der Waals surface area contributed by atoms with Crippen LogP contribution in [0.3, 0.4) is 0 Å². The number of hydrogen-bond acceptors (Lipinski definition) is 5. The predicted molar refractivity (Wildman–Crippen MR) is 115 cm³/mol. The van der Waals surface area contributed by atoms with E-state index in [2.05, 4.69) is 4.98 Å². The van der Waals surface area contributed by atoms with Gasteiger partial charge in [-0.05, 0) is 44.8 Å². The molecule has 2 aromatic carbocycles. The topological polar surface area (TPSA) is 45.7 Å². The van der Waals surface area contributed by atoms with Crippen molar-refractivity contribution in [2.24, 2.45) is 0 Å². The fourth-order valence-corrected chi connectivity index (χ4v) is 3.88. The van der Waals surface area contributed by atoms with Crippen LogP contribution in [0, 0.1) is 18.6 Å².